The molecule has 3 unspecified atom stereocenters. The van der Waals surface area contributed by atoms with Crippen molar-refractivity contribution in [1.29, 1.82) is 0 Å². The number of fused-ring (bicyclic) bond motifs is 2. The maximum atomic E-state index is 13.3. The molecule has 1 aliphatic heterocycles. The van der Waals surface area contributed by atoms with Crippen LogP contribution >= 0.6 is 0 Å². The highest BCUT2D eigenvalue weighted by atomic mass is 19.3. The number of esters is 1. The van der Waals surface area contributed by atoms with Crippen LogP contribution in [0.3, 0.4) is 0 Å². The molecular formula is C15H21F3O3. The maximum absolute atomic E-state index is 13.3. The molecule has 0 radical (unpaired) electrons. The van der Waals surface area contributed by atoms with Crippen molar-refractivity contribution in [2.75, 3.05) is 6.61 Å². The summed E-state index contributed by atoms with van der Waals surface area (Å²) in [5.41, 5.74) is -2.23. The van der Waals surface area contributed by atoms with Crippen molar-refractivity contribution in [3.63, 3.8) is 0 Å². The average molecular weight is 306 g/mol. The summed E-state index contributed by atoms with van der Waals surface area (Å²) in [5.74, 6) is -3.84. The Kier molecular flexibility index (Phi) is 3.39. The summed E-state index contributed by atoms with van der Waals surface area (Å²) in [6.07, 6.45) is -1.43. The standard InChI is InChI=1S/C15H21F3O3/c1-9-13(4)6-7-15(21-9,12(13,2)3)11(19)20-8-10(16)14(5,17)18/h10H,1,6-8H2,2-5H3. The second-order valence-corrected chi connectivity index (χ2v) is 6.83. The molecular weight excluding hydrogens is 285 g/mol. The number of carbonyl (C=O) groups is 1. The zero-order valence-electron chi connectivity index (χ0n) is 12.8. The van der Waals surface area contributed by atoms with E-state index >= 15 is 0 Å². The number of hydrogen-bond acceptors (Lipinski definition) is 3. The van der Waals surface area contributed by atoms with Crippen LogP contribution in [0.5, 0.6) is 0 Å². The van der Waals surface area contributed by atoms with Crippen LogP contribution in [0.25, 0.3) is 0 Å². The molecule has 2 aliphatic rings. The van der Waals surface area contributed by atoms with E-state index < -0.39 is 35.7 Å². The number of hydrogen-bond donors (Lipinski definition) is 0. The summed E-state index contributed by atoms with van der Waals surface area (Å²) >= 11 is 0. The van der Waals surface area contributed by atoms with Crippen LogP contribution in [-0.2, 0) is 14.3 Å². The molecule has 2 rings (SSSR count). The van der Waals surface area contributed by atoms with Gasteiger partial charge in [0.1, 0.15) is 6.61 Å². The van der Waals surface area contributed by atoms with Gasteiger partial charge in [0.05, 0.1) is 5.76 Å². The summed E-state index contributed by atoms with van der Waals surface area (Å²) < 4.78 is 49.3. The Labute approximate surface area is 122 Å². The van der Waals surface area contributed by atoms with E-state index in [-0.39, 0.29) is 5.41 Å². The SMILES string of the molecule is C=C1OC2(C(=O)OCC(F)C(C)(F)F)CCC1(C)C2(C)C. The molecule has 1 saturated heterocycles. The minimum atomic E-state index is -3.54. The lowest BCUT2D eigenvalue weighted by Gasteiger charge is -2.35. The molecule has 3 atom stereocenters. The number of halogens is 3. The largest absolute Gasteiger partial charge is 0.479 e. The highest BCUT2D eigenvalue weighted by Crippen LogP contribution is 2.69. The average Bonchev–Trinajstić information content (AvgIpc) is 2.64. The molecule has 1 aliphatic carbocycles. The Morgan fingerprint density at radius 1 is 1.43 bits per heavy atom. The lowest BCUT2D eigenvalue weighted by Crippen LogP contribution is -2.49. The fourth-order valence-corrected chi connectivity index (χ4v) is 3.30. The van der Waals surface area contributed by atoms with Gasteiger partial charge in [0, 0.05) is 17.8 Å². The fourth-order valence-electron chi connectivity index (χ4n) is 3.30. The fraction of sp³-hybridized carbons (Fsp3) is 0.800. The van der Waals surface area contributed by atoms with Crippen molar-refractivity contribution in [2.45, 2.75) is 58.2 Å². The summed E-state index contributed by atoms with van der Waals surface area (Å²) in [6.45, 7) is 8.99. The van der Waals surface area contributed by atoms with Crippen molar-refractivity contribution in [3.8, 4) is 0 Å². The van der Waals surface area contributed by atoms with E-state index in [1.54, 1.807) is 0 Å². The molecule has 2 fully saturated rings. The Hall–Kier alpha value is -1.20. The van der Waals surface area contributed by atoms with Crippen LogP contribution in [0, 0.1) is 10.8 Å². The van der Waals surface area contributed by atoms with E-state index in [0.717, 1.165) is 0 Å². The summed E-state index contributed by atoms with van der Waals surface area (Å²) in [5, 5.41) is 0. The van der Waals surface area contributed by atoms with Crippen molar-refractivity contribution >= 4 is 5.97 Å². The Balaban J connectivity index is 2.15. The van der Waals surface area contributed by atoms with Crippen LogP contribution in [-0.4, -0.2) is 30.3 Å². The summed E-state index contributed by atoms with van der Waals surface area (Å²) in [7, 11) is 0. The smallest absolute Gasteiger partial charge is 0.351 e. The molecule has 120 valence electrons. The van der Waals surface area contributed by atoms with Gasteiger partial charge in [0.15, 0.2) is 6.17 Å². The highest BCUT2D eigenvalue weighted by molar-refractivity contribution is 5.83. The van der Waals surface area contributed by atoms with Gasteiger partial charge in [-0.15, -0.1) is 0 Å². The molecule has 2 bridgehead atoms. The molecule has 3 nitrogen and oxygen atoms in total. The van der Waals surface area contributed by atoms with Gasteiger partial charge >= 0.3 is 5.97 Å². The van der Waals surface area contributed by atoms with Crippen molar-refractivity contribution < 1.29 is 27.4 Å². The third-order valence-electron chi connectivity index (χ3n) is 5.52. The molecule has 1 heterocycles. The van der Waals surface area contributed by atoms with Crippen LogP contribution in [0.4, 0.5) is 13.2 Å². The third-order valence-corrected chi connectivity index (χ3v) is 5.52. The van der Waals surface area contributed by atoms with Gasteiger partial charge in [-0.05, 0) is 12.8 Å². The Morgan fingerprint density at radius 2 is 2.00 bits per heavy atom. The quantitative estimate of drug-likeness (QED) is 0.744. The van der Waals surface area contributed by atoms with E-state index in [0.29, 0.717) is 25.5 Å². The zero-order valence-corrected chi connectivity index (χ0v) is 12.8. The number of rotatable bonds is 4. The van der Waals surface area contributed by atoms with E-state index in [2.05, 4.69) is 6.58 Å². The molecule has 21 heavy (non-hydrogen) atoms. The Morgan fingerprint density at radius 3 is 2.38 bits per heavy atom. The van der Waals surface area contributed by atoms with E-state index in [4.69, 9.17) is 9.47 Å². The second-order valence-electron chi connectivity index (χ2n) is 6.83. The molecule has 6 heteroatoms. The summed E-state index contributed by atoms with van der Waals surface area (Å²) in [6, 6.07) is 0. The van der Waals surface area contributed by atoms with Gasteiger partial charge in [-0.2, -0.15) is 0 Å². The Bertz CT molecular complexity index is 483. The van der Waals surface area contributed by atoms with Gasteiger partial charge in [-0.3, -0.25) is 0 Å². The topological polar surface area (TPSA) is 35.5 Å². The maximum Gasteiger partial charge on any atom is 0.351 e. The van der Waals surface area contributed by atoms with E-state index in [1.165, 1.54) is 0 Å². The van der Waals surface area contributed by atoms with Crippen LogP contribution < -0.4 is 0 Å². The highest BCUT2D eigenvalue weighted by Gasteiger charge is 2.74. The van der Waals surface area contributed by atoms with Gasteiger partial charge in [0.25, 0.3) is 5.92 Å². The van der Waals surface area contributed by atoms with Gasteiger partial charge in [-0.1, -0.05) is 27.4 Å². The van der Waals surface area contributed by atoms with E-state index in [9.17, 15) is 18.0 Å². The number of carbonyl (C=O) groups excluding carboxylic acids is 1. The predicted octanol–water partition coefficient (Wildman–Crippen LogP) is 3.63. The lowest BCUT2D eigenvalue weighted by atomic mass is 9.66. The first-order valence-corrected chi connectivity index (χ1v) is 6.96. The predicted molar refractivity (Wildman–Crippen MR) is 70.6 cm³/mol. The van der Waals surface area contributed by atoms with Crippen molar-refractivity contribution in [2.24, 2.45) is 10.8 Å². The molecule has 0 N–H and O–H groups in total. The van der Waals surface area contributed by atoms with Crippen molar-refractivity contribution in [1.82, 2.24) is 0 Å². The lowest BCUT2D eigenvalue weighted by molar-refractivity contribution is -0.178. The minimum absolute atomic E-state index is 0.379. The minimum Gasteiger partial charge on any atom is -0.479 e. The summed E-state index contributed by atoms with van der Waals surface area (Å²) in [4.78, 5) is 12.4. The first kappa shape index (κ1) is 16.2. The second kappa shape index (κ2) is 4.40. The molecule has 0 spiro atoms. The van der Waals surface area contributed by atoms with Gasteiger partial charge < -0.3 is 9.47 Å². The van der Waals surface area contributed by atoms with E-state index in [1.807, 2.05) is 20.8 Å². The molecule has 1 saturated carbocycles. The number of allylic oxidation sites excluding steroid dienone is 1. The number of ether oxygens (including phenoxy) is 2. The number of alkyl halides is 3. The monoisotopic (exact) mass is 306 g/mol. The molecule has 0 amide bonds. The van der Waals surface area contributed by atoms with Crippen molar-refractivity contribution in [3.05, 3.63) is 12.3 Å². The van der Waals surface area contributed by atoms with Crippen LogP contribution in [0.2, 0.25) is 0 Å². The normalized spacial score (nSPS) is 35.5. The van der Waals surface area contributed by atoms with Gasteiger partial charge in [0.2, 0.25) is 5.60 Å². The molecule has 0 aromatic carbocycles. The van der Waals surface area contributed by atoms with Crippen LogP contribution in [0.1, 0.15) is 40.5 Å². The molecule has 0 aromatic rings. The van der Waals surface area contributed by atoms with Crippen LogP contribution in [0.15, 0.2) is 12.3 Å². The third kappa shape index (κ3) is 1.98. The first-order valence-electron chi connectivity index (χ1n) is 6.96. The first-order chi connectivity index (χ1) is 9.38. The zero-order chi connectivity index (χ0) is 16.3. The molecule has 0 aromatic heterocycles. The van der Waals surface area contributed by atoms with Gasteiger partial charge in [-0.25, -0.2) is 18.0 Å².